The van der Waals surface area contributed by atoms with Crippen molar-refractivity contribution in [3.63, 3.8) is 0 Å². The summed E-state index contributed by atoms with van der Waals surface area (Å²) >= 11 is 6.30. The van der Waals surface area contributed by atoms with Gasteiger partial charge in [-0.25, -0.2) is 4.79 Å². The number of hydrogen-bond acceptors (Lipinski definition) is 5. The number of rotatable bonds is 9. The van der Waals surface area contributed by atoms with Gasteiger partial charge in [-0.05, 0) is 43.5 Å². The molecule has 2 aromatic carbocycles. The Balaban J connectivity index is 1.99. The molecule has 0 saturated heterocycles. The van der Waals surface area contributed by atoms with Crippen molar-refractivity contribution in [3.8, 4) is 5.75 Å². The van der Waals surface area contributed by atoms with Gasteiger partial charge < -0.3 is 25.0 Å². The number of carbonyl (C=O) groups excluding carboxylic acids is 1. The van der Waals surface area contributed by atoms with Crippen LogP contribution >= 0.6 is 11.6 Å². The van der Waals surface area contributed by atoms with Gasteiger partial charge in [0.1, 0.15) is 24.1 Å². The fourth-order valence-corrected chi connectivity index (χ4v) is 2.75. The van der Waals surface area contributed by atoms with E-state index < -0.39 is 24.8 Å². The van der Waals surface area contributed by atoms with Gasteiger partial charge in [0.25, 0.3) is 0 Å². The molecule has 0 bridgehead atoms. The highest BCUT2D eigenvalue weighted by molar-refractivity contribution is 6.32. The minimum Gasteiger partial charge on any atom is -0.486 e. The zero-order valence-electron chi connectivity index (χ0n) is 16.9. The first-order valence-electron chi connectivity index (χ1n) is 9.50. The molecule has 158 valence electrons. The summed E-state index contributed by atoms with van der Waals surface area (Å²) in [5.74, 6) is 0.505. The highest BCUT2D eigenvalue weighted by Gasteiger charge is 2.25. The maximum atomic E-state index is 12.0. The molecule has 0 saturated carbocycles. The van der Waals surface area contributed by atoms with Crippen molar-refractivity contribution < 1.29 is 24.5 Å². The van der Waals surface area contributed by atoms with E-state index in [9.17, 15) is 15.0 Å². The summed E-state index contributed by atoms with van der Waals surface area (Å²) in [7, 11) is 0. The van der Waals surface area contributed by atoms with Crippen LogP contribution in [0.2, 0.25) is 5.02 Å². The number of ether oxygens (including phenoxy) is 2. The van der Waals surface area contributed by atoms with Crippen LogP contribution in [0, 0.1) is 0 Å². The van der Waals surface area contributed by atoms with Gasteiger partial charge in [0.2, 0.25) is 0 Å². The Morgan fingerprint density at radius 3 is 2.48 bits per heavy atom. The zero-order valence-corrected chi connectivity index (χ0v) is 17.6. The Bertz CT molecular complexity index is 797. The fourth-order valence-electron chi connectivity index (χ4n) is 2.53. The molecule has 0 spiro atoms. The van der Waals surface area contributed by atoms with Gasteiger partial charge >= 0.3 is 6.09 Å². The van der Waals surface area contributed by atoms with Gasteiger partial charge in [0, 0.05) is 0 Å². The van der Waals surface area contributed by atoms with Crippen LogP contribution in [0.5, 0.6) is 5.75 Å². The third-order valence-electron chi connectivity index (χ3n) is 4.63. The molecule has 0 aromatic heterocycles. The van der Waals surface area contributed by atoms with Gasteiger partial charge in [0.15, 0.2) is 0 Å². The second-order valence-corrected chi connectivity index (χ2v) is 7.75. The van der Waals surface area contributed by atoms with Crippen LogP contribution in [-0.4, -0.2) is 34.6 Å². The standard InChI is InChI=1S/C22H28ClNO5/c1-4-22(2,3)29-19-11-10-16(12-17(19)23)20(26)18(13-25)24-21(27)28-14-15-8-6-5-7-9-15/h5-12,18,20,25-26H,4,13-14H2,1-3H3,(H,24,27)/t18-,20-/m1/s1. The highest BCUT2D eigenvalue weighted by Crippen LogP contribution is 2.32. The average molecular weight is 422 g/mol. The maximum Gasteiger partial charge on any atom is 0.407 e. The third kappa shape index (κ3) is 6.92. The van der Waals surface area contributed by atoms with Crippen LogP contribution < -0.4 is 10.1 Å². The second-order valence-electron chi connectivity index (χ2n) is 7.35. The van der Waals surface area contributed by atoms with Crippen molar-refractivity contribution in [2.45, 2.75) is 51.5 Å². The SMILES string of the molecule is CCC(C)(C)Oc1ccc([C@@H](O)[C@@H](CO)NC(=O)OCc2ccccc2)cc1Cl. The van der Waals surface area contributed by atoms with Gasteiger partial charge in [-0.1, -0.05) is 54.9 Å². The van der Waals surface area contributed by atoms with Crippen LogP contribution in [0.3, 0.4) is 0 Å². The van der Waals surface area contributed by atoms with Crippen LogP contribution in [0.25, 0.3) is 0 Å². The van der Waals surface area contributed by atoms with E-state index in [0.717, 1.165) is 12.0 Å². The Hall–Kier alpha value is -2.28. The summed E-state index contributed by atoms with van der Waals surface area (Å²) in [5.41, 5.74) is 0.904. The predicted molar refractivity (Wildman–Crippen MR) is 112 cm³/mol. The smallest absolute Gasteiger partial charge is 0.407 e. The molecule has 0 heterocycles. The summed E-state index contributed by atoms with van der Waals surface area (Å²) in [6.45, 7) is 5.55. The number of hydrogen-bond donors (Lipinski definition) is 3. The van der Waals surface area contributed by atoms with Gasteiger partial charge in [0.05, 0.1) is 17.7 Å². The molecule has 2 aromatic rings. The first-order valence-corrected chi connectivity index (χ1v) is 9.88. The molecule has 0 aliphatic rings. The quantitative estimate of drug-likeness (QED) is 0.564. The number of aliphatic hydroxyl groups is 2. The topological polar surface area (TPSA) is 88.0 Å². The van der Waals surface area contributed by atoms with E-state index in [-0.39, 0.29) is 12.2 Å². The largest absolute Gasteiger partial charge is 0.486 e. The summed E-state index contributed by atoms with van der Waals surface area (Å²) in [4.78, 5) is 12.0. The molecule has 0 unspecified atom stereocenters. The molecule has 29 heavy (non-hydrogen) atoms. The monoisotopic (exact) mass is 421 g/mol. The average Bonchev–Trinajstić information content (AvgIpc) is 2.72. The molecule has 0 aliphatic carbocycles. The Labute approximate surface area is 176 Å². The molecule has 3 N–H and O–H groups in total. The molecule has 7 heteroatoms. The van der Waals surface area contributed by atoms with Crippen LogP contribution in [-0.2, 0) is 11.3 Å². The lowest BCUT2D eigenvalue weighted by Gasteiger charge is -2.26. The maximum absolute atomic E-state index is 12.0. The Kier molecular flexibility index (Phi) is 8.32. The number of alkyl carbamates (subject to hydrolysis) is 1. The van der Waals surface area contributed by atoms with E-state index in [4.69, 9.17) is 21.1 Å². The van der Waals surface area contributed by atoms with Crippen molar-refractivity contribution >= 4 is 17.7 Å². The lowest BCUT2D eigenvalue weighted by Crippen LogP contribution is -2.42. The lowest BCUT2D eigenvalue weighted by atomic mass is 10.0. The number of carbonyl (C=O) groups is 1. The number of nitrogens with one attached hydrogen (secondary N) is 1. The molecule has 1 amide bonds. The number of benzene rings is 2. The molecule has 2 atom stereocenters. The van der Waals surface area contributed by atoms with E-state index in [1.807, 2.05) is 51.1 Å². The summed E-state index contributed by atoms with van der Waals surface area (Å²) in [6.07, 6.45) is -1.10. The van der Waals surface area contributed by atoms with Crippen LogP contribution in [0.15, 0.2) is 48.5 Å². The van der Waals surface area contributed by atoms with Crippen molar-refractivity contribution in [2.24, 2.45) is 0 Å². The lowest BCUT2D eigenvalue weighted by molar-refractivity contribution is 0.0761. The first kappa shape index (κ1) is 23.0. The molecular weight excluding hydrogens is 394 g/mol. The van der Waals surface area contributed by atoms with Gasteiger partial charge in [-0.15, -0.1) is 0 Å². The minimum absolute atomic E-state index is 0.0893. The second kappa shape index (κ2) is 10.5. The fraction of sp³-hybridized carbons (Fsp3) is 0.409. The Morgan fingerprint density at radius 2 is 1.90 bits per heavy atom. The number of amides is 1. The third-order valence-corrected chi connectivity index (χ3v) is 4.92. The summed E-state index contributed by atoms with van der Waals surface area (Å²) < 4.78 is 11.0. The molecule has 0 radical (unpaired) electrons. The minimum atomic E-state index is -1.17. The van der Waals surface area contributed by atoms with Gasteiger partial charge in [-0.2, -0.15) is 0 Å². The van der Waals surface area contributed by atoms with Gasteiger partial charge in [-0.3, -0.25) is 0 Å². The zero-order chi connectivity index (χ0) is 21.4. The Morgan fingerprint density at radius 1 is 1.21 bits per heavy atom. The van der Waals surface area contributed by atoms with Crippen molar-refractivity contribution in [1.29, 1.82) is 0 Å². The molecule has 0 aliphatic heterocycles. The molecular formula is C22H28ClNO5. The molecule has 6 nitrogen and oxygen atoms in total. The van der Waals surface area contributed by atoms with E-state index >= 15 is 0 Å². The van der Waals surface area contributed by atoms with Crippen molar-refractivity contribution in [1.82, 2.24) is 5.32 Å². The van der Waals surface area contributed by atoms with E-state index in [0.29, 0.717) is 16.3 Å². The van der Waals surface area contributed by atoms with E-state index in [1.54, 1.807) is 18.2 Å². The highest BCUT2D eigenvalue weighted by atomic mass is 35.5. The molecule has 2 rings (SSSR count). The van der Waals surface area contributed by atoms with E-state index in [1.165, 1.54) is 0 Å². The van der Waals surface area contributed by atoms with Crippen molar-refractivity contribution in [2.75, 3.05) is 6.61 Å². The summed E-state index contributed by atoms with van der Waals surface area (Å²) in [5, 5.41) is 23.0. The van der Waals surface area contributed by atoms with E-state index in [2.05, 4.69) is 5.32 Å². The van der Waals surface area contributed by atoms with Crippen molar-refractivity contribution in [3.05, 3.63) is 64.7 Å². The first-order chi connectivity index (χ1) is 13.8. The molecule has 0 fully saturated rings. The normalized spacial score (nSPS) is 13.4. The van der Waals surface area contributed by atoms with Crippen LogP contribution in [0.1, 0.15) is 44.4 Å². The summed E-state index contributed by atoms with van der Waals surface area (Å²) in [6, 6.07) is 13.1. The number of halogens is 1. The van der Waals surface area contributed by atoms with Crippen LogP contribution in [0.4, 0.5) is 4.79 Å². The predicted octanol–water partition coefficient (Wildman–Crippen LogP) is 4.23. The number of aliphatic hydroxyl groups excluding tert-OH is 2.